The van der Waals surface area contributed by atoms with Gasteiger partial charge in [0.15, 0.2) is 0 Å². The number of rotatable bonds is 3. The quantitative estimate of drug-likeness (QED) is 0.805. The summed E-state index contributed by atoms with van der Waals surface area (Å²) in [5.41, 5.74) is 5.30. The van der Waals surface area contributed by atoms with Crippen LogP contribution in [0.1, 0.15) is 35.4 Å². The van der Waals surface area contributed by atoms with Crippen LogP contribution in [-0.4, -0.2) is 19.6 Å². The standard InChI is InChI=1S/C18H17N3O/c1-12-5-2-3-6-13(12)17(22)9-15-18-14(7-4-8-20-18)16-10-19-11-21(15)16/h2-8,10-11,15,17,22H,9H2,1H3. The van der Waals surface area contributed by atoms with Crippen molar-refractivity contribution < 1.29 is 5.11 Å². The number of nitrogens with zero attached hydrogens (tertiary/aromatic N) is 3. The number of benzene rings is 1. The lowest BCUT2D eigenvalue weighted by Gasteiger charge is -2.19. The van der Waals surface area contributed by atoms with E-state index in [0.29, 0.717) is 6.42 Å². The highest BCUT2D eigenvalue weighted by atomic mass is 16.3. The Balaban J connectivity index is 1.71. The zero-order valence-electron chi connectivity index (χ0n) is 12.3. The maximum atomic E-state index is 10.7. The van der Waals surface area contributed by atoms with Gasteiger partial charge >= 0.3 is 0 Å². The molecule has 110 valence electrons. The van der Waals surface area contributed by atoms with E-state index in [4.69, 9.17) is 0 Å². The van der Waals surface area contributed by atoms with Crippen molar-refractivity contribution in [1.82, 2.24) is 14.5 Å². The van der Waals surface area contributed by atoms with Crippen LogP contribution in [0, 0.1) is 6.92 Å². The molecule has 4 rings (SSSR count). The minimum Gasteiger partial charge on any atom is -0.388 e. The SMILES string of the molecule is Cc1ccccc1C(O)CC1c2ncccc2-c2cncn21. The normalized spacial score (nSPS) is 17.1. The number of aromatic nitrogens is 3. The second kappa shape index (κ2) is 5.07. The van der Waals surface area contributed by atoms with Crippen molar-refractivity contribution in [2.45, 2.75) is 25.5 Å². The Hall–Kier alpha value is -2.46. The van der Waals surface area contributed by atoms with E-state index < -0.39 is 6.10 Å². The summed E-state index contributed by atoms with van der Waals surface area (Å²) in [5, 5.41) is 10.7. The van der Waals surface area contributed by atoms with Crippen molar-refractivity contribution in [3.63, 3.8) is 0 Å². The van der Waals surface area contributed by atoms with Gasteiger partial charge in [-0.3, -0.25) is 4.98 Å². The van der Waals surface area contributed by atoms with Crippen LogP contribution in [0.3, 0.4) is 0 Å². The second-order valence-corrected chi connectivity index (χ2v) is 5.75. The molecule has 0 aliphatic carbocycles. The van der Waals surface area contributed by atoms with Crippen LogP contribution in [0.25, 0.3) is 11.3 Å². The molecule has 3 aromatic rings. The number of pyridine rings is 1. The Morgan fingerprint density at radius 1 is 1.23 bits per heavy atom. The van der Waals surface area contributed by atoms with Crippen molar-refractivity contribution in [2.24, 2.45) is 0 Å². The van der Waals surface area contributed by atoms with Gasteiger partial charge < -0.3 is 9.67 Å². The number of imidazole rings is 1. The van der Waals surface area contributed by atoms with Crippen molar-refractivity contribution in [3.05, 3.63) is 71.9 Å². The average molecular weight is 291 g/mol. The minimum absolute atomic E-state index is 0.0308. The predicted octanol–water partition coefficient (Wildman–Crippen LogP) is 3.28. The van der Waals surface area contributed by atoms with E-state index in [1.165, 1.54) is 0 Å². The third-order valence-corrected chi connectivity index (χ3v) is 4.43. The molecule has 1 N–H and O–H groups in total. The Kier molecular flexibility index (Phi) is 3.05. The number of hydrogen-bond donors (Lipinski definition) is 1. The van der Waals surface area contributed by atoms with E-state index >= 15 is 0 Å². The first-order chi connectivity index (χ1) is 10.8. The number of aliphatic hydroxyl groups is 1. The van der Waals surface area contributed by atoms with Gasteiger partial charge in [-0.15, -0.1) is 0 Å². The third kappa shape index (κ3) is 1.96. The van der Waals surface area contributed by atoms with Gasteiger partial charge in [0, 0.05) is 18.2 Å². The van der Waals surface area contributed by atoms with Crippen LogP contribution in [0.4, 0.5) is 0 Å². The molecule has 0 fully saturated rings. The molecule has 22 heavy (non-hydrogen) atoms. The summed E-state index contributed by atoms with van der Waals surface area (Å²) >= 11 is 0. The molecule has 1 aliphatic heterocycles. The molecule has 3 heterocycles. The maximum Gasteiger partial charge on any atom is 0.0957 e. The number of aliphatic hydroxyl groups excluding tert-OH is 1. The summed E-state index contributed by atoms with van der Waals surface area (Å²) in [6.07, 6.45) is 5.58. The van der Waals surface area contributed by atoms with Gasteiger partial charge in [-0.1, -0.05) is 24.3 Å². The molecule has 0 spiro atoms. The molecule has 4 nitrogen and oxygen atoms in total. The van der Waals surface area contributed by atoms with Crippen molar-refractivity contribution in [3.8, 4) is 11.3 Å². The molecule has 0 amide bonds. The van der Waals surface area contributed by atoms with E-state index in [1.54, 1.807) is 0 Å². The van der Waals surface area contributed by atoms with E-state index in [-0.39, 0.29) is 6.04 Å². The molecule has 2 aromatic heterocycles. The van der Waals surface area contributed by atoms with Gasteiger partial charge in [-0.2, -0.15) is 0 Å². The fourth-order valence-electron chi connectivity index (χ4n) is 3.32. The van der Waals surface area contributed by atoms with Crippen LogP contribution in [0.5, 0.6) is 0 Å². The highest BCUT2D eigenvalue weighted by molar-refractivity contribution is 5.66. The number of fused-ring (bicyclic) bond motifs is 3. The monoisotopic (exact) mass is 291 g/mol. The first-order valence-corrected chi connectivity index (χ1v) is 7.46. The molecular weight excluding hydrogens is 274 g/mol. The van der Waals surface area contributed by atoms with Crippen LogP contribution >= 0.6 is 0 Å². The van der Waals surface area contributed by atoms with Crippen LogP contribution in [0.2, 0.25) is 0 Å². The number of aryl methyl sites for hydroxylation is 1. The average Bonchev–Trinajstić information content (AvgIpc) is 3.11. The Labute approximate surface area is 129 Å². The summed E-state index contributed by atoms with van der Waals surface area (Å²) in [6.45, 7) is 2.03. The number of hydrogen-bond acceptors (Lipinski definition) is 3. The van der Waals surface area contributed by atoms with Crippen molar-refractivity contribution in [2.75, 3.05) is 0 Å². The lowest BCUT2D eigenvalue weighted by Crippen LogP contribution is -2.12. The minimum atomic E-state index is -0.519. The summed E-state index contributed by atoms with van der Waals surface area (Å²) in [7, 11) is 0. The summed E-state index contributed by atoms with van der Waals surface area (Å²) in [4.78, 5) is 8.78. The van der Waals surface area contributed by atoms with Gasteiger partial charge in [-0.05, 0) is 30.2 Å². The molecule has 0 saturated carbocycles. The zero-order valence-corrected chi connectivity index (χ0v) is 12.3. The lowest BCUT2D eigenvalue weighted by molar-refractivity contribution is 0.152. The smallest absolute Gasteiger partial charge is 0.0957 e. The van der Waals surface area contributed by atoms with E-state index in [9.17, 15) is 5.11 Å². The molecule has 0 saturated heterocycles. The lowest BCUT2D eigenvalue weighted by atomic mass is 9.96. The Morgan fingerprint density at radius 2 is 2.09 bits per heavy atom. The Bertz CT molecular complexity index is 824. The van der Waals surface area contributed by atoms with Gasteiger partial charge in [0.1, 0.15) is 0 Å². The predicted molar refractivity (Wildman–Crippen MR) is 84.4 cm³/mol. The molecule has 0 bridgehead atoms. The van der Waals surface area contributed by atoms with E-state index in [1.807, 2.05) is 56.0 Å². The third-order valence-electron chi connectivity index (χ3n) is 4.43. The van der Waals surface area contributed by atoms with Gasteiger partial charge in [0.2, 0.25) is 0 Å². The van der Waals surface area contributed by atoms with Crippen LogP contribution in [0.15, 0.2) is 55.1 Å². The van der Waals surface area contributed by atoms with E-state index in [2.05, 4.69) is 20.6 Å². The topological polar surface area (TPSA) is 50.9 Å². The molecule has 4 heteroatoms. The Morgan fingerprint density at radius 3 is 2.95 bits per heavy atom. The van der Waals surface area contributed by atoms with Crippen molar-refractivity contribution >= 4 is 0 Å². The summed E-state index contributed by atoms with van der Waals surface area (Å²) in [5.74, 6) is 0. The fourth-order valence-corrected chi connectivity index (χ4v) is 3.32. The van der Waals surface area contributed by atoms with Crippen LogP contribution in [-0.2, 0) is 0 Å². The molecule has 2 atom stereocenters. The van der Waals surface area contributed by atoms with Crippen molar-refractivity contribution in [1.29, 1.82) is 0 Å². The van der Waals surface area contributed by atoms with Gasteiger partial charge in [0.05, 0.1) is 36.1 Å². The highest BCUT2D eigenvalue weighted by Gasteiger charge is 2.31. The first kappa shape index (κ1) is 13.2. The molecule has 2 unspecified atom stereocenters. The second-order valence-electron chi connectivity index (χ2n) is 5.75. The summed E-state index contributed by atoms with van der Waals surface area (Å²) in [6, 6.07) is 12.0. The van der Waals surface area contributed by atoms with Gasteiger partial charge in [0.25, 0.3) is 0 Å². The zero-order chi connectivity index (χ0) is 15.1. The fraction of sp³-hybridized carbons (Fsp3) is 0.222. The first-order valence-electron chi connectivity index (χ1n) is 7.46. The molecular formula is C18H17N3O. The highest BCUT2D eigenvalue weighted by Crippen LogP contribution is 2.41. The molecule has 1 aromatic carbocycles. The largest absolute Gasteiger partial charge is 0.388 e. The summed E-state index contributed by atoms with van der Waals surface area (Å²) < 4.78 is 2.11. The van der Waals surface area contributed by atoms with E-state index in [0.717, 1.165) is 28.1 Å². The van der Waals surface area contributed by atoms with Gasteiger partial charge in [-0.25, -0.2) is 4.98 Å². The van der Waals surface area contributed by atoms with Crippen LogP contribution < -0.4 is 0 Å². The molecule has 1 aliphatic rings. The molecule has 0 radical (unpaired) electrons. The maximum absolute atomic E-state index is 10.7.